The minimum absolute atomic E-state index is 0.255. The van der Waals surface area contributed by atoms with E-state index in [1.54, 1.807) is 18.4 Å². The van der Waals surface area contributed by atoms with Gasteiger partial charge < -0.3 is 9.47 Å². The van der Waals surface area contributed by atoms with Gasteiger partial charge in [0.2, 0.25) is 0 Å². The van der Waals surface area contributed by atoms with Crippen LogP contribution < -0.4 is 9.47 Å². The van der Waals surface area contributed by atoms with Gasteiger partial charge in [0.05, 0.1) is 43.3 Å². The molecule has 0 unspecified atom stereocenters. The largest absolute Gasteiger partial charge is 0.497 e. The SMILES string of the molecule is CCOc1ccccc1-c1nc2scc(-c3cccc(OC)c3)n2c1CC#N. The fraction of sp³-hybridized carbons (Fsp3) is 0.182. The molecular formula is C22H19N3O2S. The number of fused-ring (bicyclic) bond motifs is 1. The first-order valence-corrected chi connectivity index (χ1v) is 9.87. The lowest BCUT2D eigenvalue weighted by atomic mass is 10.1. The molecule has 0 aliphatic heterocycles. The van der Waals surface area contributed by atoms with Gasteiger partial charge in [-0.05, 0) is 31.2 Å². The van der Waals surface area contributed by atoms with Gasteiger partial charge in [-0.25, -0.2) is 4.98 Å². The highest BCUT2D eigenvalue weighted by Crippen LogP contribution is 2.37. The first kappa shape index (κ1) is 18.1. The second-order valence-corrected chi connectivity index (χ2v) is 6.98. The summed E-state index contributed by atoms with van der Waals surface area (Å²) in [6.45, 7) is 2.53. The Morgan fingerprint density at radius 2 is 2.04 bits per heavy atom. The Morgan fingerprint density at radius 3 is 2.82 bits per heavy atom. The number of thiazole rings is 1. The van der Waals surface area contributed by atoms with Crippen LogP contribution in [0.25, 0.3) is 27.5 Å². The van der Waals surface area contributed by atoms with Gasteiger partial charge in [-0.2, -0.15) is 5.26 Å². The van der Waals surface area contributed by atoms with E-state index in [4.69, 9.17) is 14.5 Å². The van der Waals surface area contributed by atoms with Crippen molar-refractivity contribution in [2.45, 2.75) is 13.3 Å². The molecule has 0 radical (unpaired) electrons. The van der Waals surface area contributed by atoms with Crippen molar-refractivity contribution >= 4 is 16.3 Å². The molecule has 2 heterocycles. The van der Waals surface area contributed by atoms with Gasteiger partial charge in [-0.3, -0.25) is 4.40 Å². The lowest BCUT2D eigenvalue weighted by Crippen LogP contribution is -1.98. The van der Waals surface area contributed by atoms with Gasteiger partial charge in [-0.1, -0.05) is 24.3 Å². The second kappa shape index (κ2) is 7.75. The lowest BCUT2D eigenvalue weighted by Gasteiger charge is -2.10. The molecule has 0 atom stereocenters. The fourth-order valence-electron chi connectivity index (χ4n) is 3.30. The summed E-state index contributed by atoms with van der Waals surface area (Å²) >= 11 is 1.56. The summed E-state index contributed by atoms with van der Waals surface area (Å²) in [4.78, 5) is 5.70. The Morgan fingerprint density at radius 1 is 1.18 bits per heavy atom. The van der Waals surface area contributed by atoms with E-state index in [-0.39, 0.29) is 6.42 Å². The standard InChI is InChI=1S/C22H19N3O2S/c1-3-27-20-10-5-4-9-17(20)21-18(11-12-23)25-19(14-28-22(25)24-21)15-7-6-8-16(13-15)26-2/h4-10,13-14H,3,11H2,1-2H3. The quantitative estimate of drug-likeness (QED) is 0.455. The minimum atomic E-state index is 0.255. The summed E-state index contributed by atoms with van der Waals surface area (Å²) in [7, 11) is 1.66. The normalized spacial score (nSPS) is 10.8. The highest BCUT2D eigenvalue weighted by molar-refractivity contribution is 7.15. The molecule has 2 aromatic heterocycles. The van der Waals surface area contributed by atoms with Gasteiger partial charge >= 0.3 is 0 Å². The summed E-state index contributed by atoms with van der Waals surface area (Å²) in [5.74, 6) is 1.57. The highest BCUT2D eigenvalue weighted by atomic mass is 32.1. The Hall–Kier alpha value is -3.30. The van der Waals surface area contributed by atoms with Crippen LogP contribution in [-0.4, -0.2) is 23.1 Å². The summed E-state index contributed by atoms with van der Waals surface area (Å²) in [6.07, 6.45) is 0.255. The van der Waals surface area contributed by atoms with Crippen LogP contribution in [0.5, 0.6) is 11.5 Å². The zero-order valence-electron chi connectivity index (χ0n) is 15.7. The zero-order chi connectivity index (χ0) is 19.5. The third-order valence-corrected chi connectivity index (χ3v) is 5.34. The predicted molar refractivity (Wildman–Crippen MR) is 111 cm³/mol. The molecule has 0 N–H and O–H groups in total. The molecule has 6 heteroatoms. The van der Waals surface area contributed by atoms with Crippen LogP contribution in [0.2, 0.25) is 0 Å². The number of benzene rings is 2. The molecule has 4 aromatic rings. The molecule has 28 heavy (non-hydrogen) atoms. The fourth-order valence-corrected chi connectivity index (χ4v) is 4.21. The molecular weight excluding hydrogens is 370 g/mol. The van der Waals surface area contributed by atoms with Crippen molar-refractivity contribution in [3.8, 4) is 40.1 Å². The number of aromatic nitrogens is 2. The molecule has 4 rings (SSSR count). The van der Waals surface area contributed by atoms with Crippen molar-refractivity contribution in [1.82, 2.24) is 9.38 Å². The van der Waals surface area contributed by atoms with E-state index in [9.17, 15) is 5.26 Å². The van der Waals surface area contributed by atoms with E-state index < -0.39 is 0 Å². The molecule has 0 fully saturated rings. The number of methoxy groups -OCH3 is 1. The maximum atomic E-state index is 9.48. The third-order valence-electron chi connectivity index (χ3n) is 4.51. The average molecular weight is 389 g/mol. The van der Waals surface area contributed by atoms with Gasteiger partial charge in [0.25, 0.3) is 0 Å². The van der Waals surface area contributed by atoms with E-state index in [1.165, 1.54) is 0 Å². The molecule has 0 amide bonds. The number of para-hydroxylation sites is 1. The van der Waals surface area contributed by atoms with Crippen molar-refractivity contribution in [3.63, 3.8) is 0 Å². The zero-order valence-corrected chi connectivity index (χ0v) is 16.5. The first-order chi connectivity index (χ1) is 13.8. The van der Waals surface area contributed by atoms with E-state index in [2.05, 4.69) is 15.8 Å². The Balaban J connectivity index is 1.95. The van der Waals surface area contributed by atoms with E-state index >= 15 is 0 Å². The predicted octanol–water partition coefficient (Wildman–Crippen LogP) is 5.20. The topological polar surface area (TPSA) is 59.6 Å². The summed E-state index contributed by atoms with van der Waals surface area (Å²) < 4.78 is 13.2. The number of rotatable bonds is 6. The van der Waals surface area contributed by atoms with Crippen molar-refractivity contribution in [2.24, 2.45) is 0 Å². The van der Waals surface area contributed by atoms with Crippen molar-refractivity contribution in [2.75, 3.05) is 13.7 Å². The van der Waals surface area contributed by atoms with Crippen LogP contribution in [0.3, 0.4) is 0 Å². The summed E-state index contributed by atoms with van der Waals surface area (Å²) in [5, 5.41) is 11.5. The third kappa shape index (κ3) is 3.10. The van der Waals surface area contributed by atoms with E-state index in [1.807, 2.05) is 55.5 Å². The van der Waals surface area contributed by atoms with Crippen LogP contribution in [0.1, 0.15) is 12.6 Å². The Bertz CT molecular complexity index is 1170. The molecule has 5 nitrogen and oxygen atoms in total. The summed E-state index contributed by atoms with van der Waals surface area (Å²) in [5.41, 5.74) is 4.58. The molecule has 0 aliphatic carbocycles. The van der Waals surface area contributed by atoms with Gasteiger partial charge in [0.1, 0.15) is 11.5 Å². The lowest BCUT2D eigenvalue weighted by molar-refractivity contribution is 0.341. The van der Waals surface area contributed by atoms with Gasteiger partial charge in [0.15, 0.2) is 4.96 Å². The van der Waals surface area contributed by atoms with E-state index in [0.29, 0.717) is 6.61 Å². The number of ether oxygens (including phenoxy) is 2. The molecule has 2 aromatic carbocycles. The molecule has 0 aliphatic rings. The van der Waals surface area contributed by atoms with Crippen LogP contribution in [0.15, 0.2) is 53.9 Å². The minimum Gasteiger partial charge on any atom is -0.497 e. The summed E-state index contributed by atoms with van der Waals surface area (Å²) in [6, 6.07) is 18.0. The number of hydrogen-bond acceptors (Lipinski definition) is 5. The molecule has 0 saturated carbocycles. The Kier molecular flexibility index (Phi) is 5.00. The smallest absolute Gasteiger partial charge is 0.195 e. The monoisotopic (exact) mass is 389 g/mol. The average Bonchev–Trinajstić information content (AvgIpc) is 3.29. The maximum absolute atomic E-state index is 9.48. The van der Waals surface area contributed by atoms with Crippen LogP contribution in [-0.2, 0) is 6.42 Å². The maximum Gasteiger partial charge on any atom is 0.195 e. The second-order valence-electron chi connectivity index (χ2n) is 6.14. The molecule has 0 saturated heterocycles. The number of nitrogens with zero attached hydrogens (tertiary/aromatic N) is 3. The number of hydrogen-bond donors (Lipinski definition) is 0. The number of imidazole rings is 1. The number of nitriles is 1. The molecule has 140 valence electrons. The van der Waals surface area contributed by atoms with E-state index in [0.717, 1.165) is 44.7 Å². The van der Waals surface area contributed by atoms with Crippen molar-refractivity contribution in [3.05, 3.63) is 59.6 Å². The van der Waals surface area contributed by atoms with Crippen molar-refractivity contribution < 1.29 is 9.47 Å². The highest BCUT2D eigenvalue weighted by Gasteiger charge is 2.21. The van der Waals surface area contributed by atoms with Crippen LogP contribution in [0.4, 0.5) is 0 Å². The van der Waals surface area contributed by atoms with Crippen LogP contribution in [0, 0.1) is 11.3 Å². The van der Waals surface area contributed by atoms with Gasteiger partial charge in [0, 0.05) is 16.5 Å². The molecule has 0 spiro atoms. The van der Waals surface area contributed by atoms with Gasteiger partial charge in [-0.15, -0.1) is 11.3 Å². The van der Waals surface area contributed by atoms with Crippen molar-refractivity contribution in [1.29, 1.82) is 5.26 Å². The molecule has 0 bridgehead atoms. The Labute approximate surface area is 167 Å². The van der Waals surface area contributed by atoms with Crippen LogP contribution >= 0.6 is 11.3 Å². The first-order valence-electron chi connectivity index (χ1n) is 8.99.